The molecule has 0 bridgehead atoms. The molecule has 0 atom stereocenters. The molecule has 2 nitrogen and oxygen atoms in total. The summed E-state index contributed by atoms with van der Waals surface area (Å²) in [6.07, 6.45) is 7.80. The molecular weight excluding hydrogens is 186 g/mol. The van der Waals surface area contributed by atoms with E-state index in [1.54, 1.807) is 0 Å². The summed E-state index contributed by atoms with van der Waals surface area (Å²) in [6.45, 7) is 7.23. The Bertz CT molecular complexity index is 153. The van der Waals surface area contributed by atoms with Gasteiger partial charge in [0.25, 0.3) is 0 Å². The third-order valence-corrected chi connectivity index (χ3v) is 3.44. The highest BCUT2D eigenvalue weighted by Crippen LogP contribution is 2.24. The summed E-state index contributed by atoms with van der Waals surface area (Å²) in [5.74, 6) is 0.794. The van der Waals surface area contributed by atoms with Gasteiger partial charge in [0.15, 0.2) is 0 Å². The predicted octanol–water partition coefficient (Wildman–Crippen LogP) is 2.66. The van der Waals surface area contributed by atoms with E-state index < -0.39 is 0 Å². The smallest absolute Gasteiger partial charge is 0.0443 e. The summed E-state index contributed by atoms with van der Waals surface area (Å²) in [6, 6.07) is 0.815. The number of rotatable bonds is 7. The van der Waals surface area contributed by atoms with E-state index in [1.807, 2.05) is 0 Å². The second-order valence-electron chi connectivity index (χ2n) is 5.23. The highest BCUT2D eigenvalue weighted by Gasteiger charge is 2.21. The van der Waals surface area contributed by atoms with Crippen LogP contribution in [0.4, 0.5) is 0 Å². The molecule has 15 heavy (non-hydrogen) atoms. The zero-order chi connectivity index (χ0) is 11.1. The van der Waals surface area contributed by atoms with Gasteiger partial charge in [-0.15, -0.1) is 0 Å². The molecule has 0 spiro atoms. The molecule has 0 aromatic carbocycles. The van der Waals surface area contributed by atoms with E-state index in [2.05, 4.69) is 18.7 Å². The molecule has 0 radical (unpaired) electrons. The Balaban J connectivity index is 2.30. The molecule has 0 aromatic rings. The van der Waals surface area contributed by atoms with Crippen LogP contribution in [0.25, 0.3) is 0 Å². The zero-order valence-electron chi connectivity index (χ0n) is 10.4. The molecule has 2 heteroatoms. The SMILES string of the molecule is CC(C)CCN(CCCO)C1CCCC1. The Hall–Kier alpha value is -0.0800. The lowest BCUT2D eigenvalue weighted by Gasteiger charge is -2.29. The van der Waals surface area contributed by atoms with Crippen molar-refractivity contribution < 1.29 is 5.11 Å². The van der Waals surface area contributed by atoms with E-state index in [0.717, 1.165) is 24.9 Å². The van der Waals surface area contributed by atoms with Crippen LogP contribution in [0, 0.1) is 5.92 Å². The van der Waals surface area contributed by atoms with Gasteiger partial charge in [-0.05, 0) is 38.1 Å². The van der Waals surface area contributed by atoms with Crippen molar-refractivity contribution >= 4 is 0 Å². The van der Waals surface area contributed by atoms with E-state index >= 15 is 0 Å². The largest absolute Gasteiger partial charge is 0.396 e. The van der Waals surface area contributed by atoms with Gasteiger partial charge in [-0.2, -0.15) is 0 Å². The standard InChI is InChI=1S/C13H27NO/c1-12(2)8-10-14(9-5-11-15)13-6-3-4-7-13/h12-13,15H,3-11H2,1-2H3. The zero-order valence-corrected chi connectivity index (χ0v) is 10.4. The summed E-state index contributed by atoms with van der Waals surface area (Å²) >= 11 is 0. The Morgan fingerprint density at radius 3 is 2.40 bits per heavy atom. The lowest BCUT2D eigenvalue weighted by Crippen LogP contribution is -2.35. The van der Waals surface area contributed by atoms with Crippen LogP contribution in [0.3, 0.4) is 0 Å². The minimum atomic E-state index is 0.338. The number of aliphatic hydroxyl groups excluding tert-OH is 1. The maximum absolute atomic E-state index is 8.91. The topological polar surface area (TPSA) is 23.5 Å². The molecule has 0 saturated heterocycles. The minimum absolute atomic E-state index is 0.338. The first-order valence-corrected chi connectivity index (χ1v) is 6.59. The molecular formula is C13H27NO. The van der Waals surface area contributed by atoms with Crippen molar-refractivity contribution in [3.63, 3.8) is 0 Å². The fourth-order valence-electron chi connectivity index (χ4n) is 2.44. The molecule has 1 rings (SSSR count). The van der Waals surface area contributed by atoms with Crippen LogP contribution in [0.5, 0.6) is 0 Å². The van der Waals surface area contributed by atoms with Crippen molar-refractivity contribution in [2.24, 2.45) is 5.92 Å². The van der Waals surface area contributed by atoms with Crippen LogP contribution < -0.4 is 0 Å². The predicted molar refractivity (Wildman–Crippen MR) is 65.0 cm³/mol. The third-order valence-electron chi connectivity index (χ3n) is 3.44. The first kappa shape index (κ1) is 13.0. The van der Waals surface area contributed by atoms with Crippen LogP contribution in [-0.4, -0.2) is 35.7 Å². The number of hydrogen-bond acceptors (Lipinski definition) is 2. The van der Waals surface area contributed by atoms with Crippen molar-refractivity contribution in [3.05, 3.63) is 0 Å². The van der Waals surface area contributed by atoms with Crippen LogP contribution in [-0.2, 0) is 0 Å². The molecule has 1 saturated carbocycles. The number of aliphatic hydroxyl groups is 1. The van der Waals surface area contributed by atoms with E-state index in [1.165, 1.54) is 38.6 Å². The molecule has 0 aliphatic heterocycles. The highest BCUT2D eigenvalue weighted by atomic mass is 16.3. The van der Waals surface area contributed by atoms with Crippen LogP contribution >= 0.6 is 0 Å². The number of nitrogens with zero attached hydrogens (tertiary/aromatic N) is 1. The quantitative estimate of drug-likeness (QED) is 0.703. The Kier molecular flexibility index (Phi) is 6.26. The van der Waals surface area contributed by atoms with Gasteiger partial charge in [0.2, 0.25) is 0 Å². The van der Waals surface area contributed by atoms with Gasteiger partial charge in [0.1, 0.15) is 0 Å². The molecule has 1 aliphatic carbocycles. The fourth-order valence-corrected chi connectivity index (χ4v) is 2.44. The minimum Gasteiger partial charge on any atom is -0.396 e. The van der Waals surface area contributed by atoms with Gasteiger partial charge in [-0.25, -0.2) is 0 Å². The first-order chi connectivity index (χ1) is 7.24. The van der Waals surface area contributed by atoms with E-state index in [-0.39, 0.29) is 0 Å². The average molecular weight is 213 g/mol. The van der Waals surface area contributed by atoms with Crippen molar-refractivity contribution in [1.29, 1.82) is 0 Å². The molecule has 0 amide bonds. The first-order valence-electron chi connectivity index (χ1n) is 6.59. The van der Waals surface area contributed by atoms with Crippen LogP contribution in [0.1, 0.15) is 52.4 Å². The van der Waals surface area contributed by atoms with Crippen molar-refractivity contribution in [1.82, 2.24) is 4.90 Å². The van der Waals surface area contributed by atoms with Gasteiger partial charge in [0.05, 0.1) is 0 Å². The third kappa shape index (κ3) is 4.98. The maximum Gasteiger partial charge on any atom is 0.0443 e. The Morgan fingerprint density at radius 1 is 1.20 bits per heavy atom. The lowest BCUT2D eigenvalue weighted by molar-refractivity contribution is 0.167. The normalized spacial score (nSPS) is 18.2. The molecule has 1 aliphatic rings. The number of hydrogen-bond donors (Lipinski definition) is 1. The second-order valence-corrected chi connectivity index (χ2v) is 5.23. The molecule has 1 N–H and O–H groups in total. The summed E-state index contributed by atoms with van der Waals surface area (Å²) in [4.78, 5) is 2.61. The highest BCUT2D eigenvalue weighted by molar-refractivity contribution is 4.77. The van der Waals surface area contributed by atoms with Crippen LogP contribution in [0.2, 0.25) is 0 Å². The lowest BCUT2D eigenvalue weighted by atomic mass is 10.1. The second kappa shape index (κ2) is 7.24. The van der Waals surface area contributed by atoms with Gasteiger partial charge in [-0.1, -0.05) is 26.7 Å². The summed E-state index contributed by atoms with van der Waals surface area (Å²) < 4.78 is 0. The summed E-state index contributed by atoms with van der Waals surface area (Å²) in [5.41, 5.74) is 0. The monoisotopic (exact) mass is 213 g/mol. The van der Waals surface area contributed by atoms with Crippen molar-refractivity contribution in [2.75, 3.05) is 19.7 Å². The van der Waals surface area contributed by atoms with E-state index in [0.29, 0.717) is 6.61 Å². The molecule has 90 valence electrons. The van der Waals surface area contributed by atoms with Gasteiger partial charge in [-0.3, -0.25) is 0 Å². The van der Waals surface area contributed by atoms with E-state index in [4.69, 9.17) is 5.11 Å². The summed E-state index contributed by atoms with van der Waals surface area (Å²) in [7, 11) is 0. The average Bonchev–Trinajstić information content (AvgIpc) is 2.71. The Labute approximate surface area is 94.7 Å². The van der Waals surface area contributed by atoms with Crippen molar-refractivity contribution in [2.45, 2.75) is 58.4 Å². The van der Waals surface area contributed by atoms with Crippen molar-refractivity contribution in [3.8, 4) is 0 Å². The fraction of sp³-hybridized carbons (Fsp3) is 1.00. The Morgan fingerprint density at radius 2 is 1.87 bits per heavy atom. The van der Waals surface area contributed by atoms with Gasteiger partial charge >= 0.3 is 0 Å². The van der Waals surface area contributed by atoms with Crippen LogP contribution in [0.15, 0.2) is 0 Å². The van der Waals surface area contributed by atoms with E-state index in [9.17, 15) is 0 Å². The molecule has 0 heterocycles. The molecule has 0 aromatic heterocycles. The molecule has 0 unspecified atom stereocenters. The summed E-state index contributed by atoms with van der Waals surface area (Å²) in [5, 5.41) is 8.91. The molecule has 1 fully saturated rings. The van der Waals surface area contributed by atoms with Gasteiger partial charge in [0, 0.05) is 19.2 Å². The van der Waals surface area contributed by atoms with Gasteiger partial charge < -0.3 is 10.0 Å². The maximum atomic E-state index is 8.91.